The van der Waals surface area contributed by atoms with E-state index in [1.807, 2.05) is 4.90 Å². The first-order valence-corrected chi connectivity index (χ1v) is 11.6. The van der Waals surface area contributed by atoms with Crippen molar-refractivity contribution in [2.75, 3.05) is 50.8 Å². The molecule has 2 unspecified atom stereocenters. The van der Waals surface area contributed by atoms with Gasteiger partial charge < -0.3 is 29.6 Å². The number of β-amino-alcohol motifs (C(OH)–C–C–N with tert-alkyl or cyclic N) is 1. The highest BCUT2D eigenvalue weighted by molar-refractivity contribution is 5.78. The molecule has 184 valence electrons. The van der Waals surface area contributed by atoms with Gasteiger partial charge in [0.1, 0.15) is 5.75 Å². The van der Waals surface area contributed by atoms with Crippen molar-refractivity contribution in [3.05, 3.63) is 24.3 Å². The monoisotopic (exact) mass is 471 g/mol. The molecule has 4 rings (SSSR count). The molecule has 2 saturated heterocycles. The number of halogens is 3. The summed E-state index contributed by atoms with van der Waals surface area (Å²) in [5.74, 6) is -0.321. The Labute approximate surface area is 191 Å². The lowest BCUT2D eigenvalue weighted by Gasteiger charge is -2.38. The topological polar surface area (TPSA) is 76.5 Å². The standard InChI is InChI=1S/C23H32F3N3O4/c24-23(25,26)33-19-3-1-17(2-4-19)28-11-6-21(32)29(14-13-28)18(16-30)5-10-27-12-9-22(7-8-22)20(31)15-27/h1-4,18,20,30-31H,5-16H2. The van der Waals surface area contributed by atoms with E-state index in [0.29, 0.717) is 39.1 Å². The molecule has 0 aromatic heterocycles. The number of nitrogens with zero attached hydrogens (tertiary/aromatic N) is 3. The quantitative estimate of drug-likeness (QED) is 0.635. The summed E-state index contributed by atoms with van der Waals surface area (Å²) in [7, 11) is 0. The van der Waals surface area contributed by atoms with Crippen LogP contribution in [0.25, 0.3) is 0 Å². The van der Waals surface area contributed by atoms with Gasteiger partial charge in [0, 0.05) is 44.8 Å². The number of amides is 1. The van der Waals surface area contributed by atoms with E-state index in [2.05, 4.69) is 9.64 Å². The van der Waals surface area contributed by atoms with Gasteiger partial charge in [-0.25, -0.2) is 0 Å². The van der Waals surface area contributed by atoms with Gasteiger partial charge in [-0.15, -0.1) is 13.2 Å². The molecule has 2 heterocycles. The molecule has 1 spiro atoms. The molecule has 0 radical (unpaired) electrons. The van der Waals surface area contributed by atoms with Gasteiger partial charge >= 0.3 is 6.36 Å². The van der Waals surface area contributed by atoms with Crippen LogP contribution in [-0.4, -0.2) is 90.3 Å². The van der Waals surface area contributed by atoms with Crippen molar-refractivity contribution < 1.29 is 32.9 Å². The van der Waals surface area contributed by atoms with Crippen LogP contribution >= 0.6 is 0 Å². The second kappa shape index (κ2) is 9.68. The van der Waals surface area contributed by atoms with Crippen LogP contribution in [0.3, 0.4) is 0 Å². The van der Waals surface area contributed by atoms with Crippen LogP contribution in [0.1, 0.15) is 32.1 Å². The second-order valence-electron chi connectivity index (χ2n) is 9.42. The third-order valence-corrected chi connectivity index (χ3v) is 7.35. The molecule has 2 atom stereocenters. The first-order chi connectivity index (χ1) is 15.7. The van der Waals surface area contributed by atoms with E-state index in [-0.39, 0.29) is 42.2 Å². The Bertz CT molecular complexity index is 816. The van der Waals surface area contributed by atoms with Gasteiger partial charge in [0.2, 0.25) is 5.91 Å². The minimum absolute atomic E-state index is 0.0378. The number of likely N-dealkylation sites (tertiary alicyclic amines) is 1. The average molecular weight is 472 g/mol. The molecule has 2 aliphatic heterocycles. The number of hydrogen-bond acceptors (Lipinski definition) is 6. The molecular formula is C23H32F3N3O4. The number of rotatable bonds is 7. The summed E-state index contributed by atoms with van der Waals surface area (Å²) in [5.41, 5.74) is 0.866. The van der Waals surface area contributed by atoms with E-state index >= 15 is 0 Å². The zero-order chi connectivity index (χ0) is 23.6. The van der Waals surface area contributed by atoms with Gasteiger partial charge in [0.05, 0.1) is 18.8 Å². The van der Waals surface area contributed by atoms with Gasteiger partial charge in [-0.1, -0.05) is 0 Å². The van der Waals surface area contributed by atoms with E-state index in [1.165, 1.54) is 12.1 Å². The summed E-state index contributed by atoms with van der Waals surface area (Å²) in [5, 5.41) is 20.4. The van der Waals surface area contributed by atoms with Gasteiger partial charge in [-0.3, -0.25) is 4.79 Å². The number of ether oxygens (including phenoxy) is 1. The first-order valence-electron chi connectivity index (χ1n) is 11.6. The molecule has 1 aliphatic carbocycles. The van der Waals surface area contributed by atoms with Crippen LogP contribution < -0.4 is 9.64 Å². The average Bonchev–Trinajstić information content (AvgIpc) is 3.57. The SMILES string of the molecule is O=C1CCN(c2ccc(OC(F)(F)F)cc2)CCN1C(CO)CCN1CCC2(CC2)C(O)C1. The molecule has 33 heavy (non-hydrogen) atoms. The summed E-state index contributed by atoms with van der Waals surface area (Å²) in [6, 6.07) is 5.34. The molecule has 3 fully saturated rings. The smallest absolute Gasteiger partial charge is 0.406 e. The van der Waals surface area contributed by atoms with E-state index in [4.69, 9.17) is 0 Å². The molecule has 2 N–H and O–H groups in total. The number of anilines is 1. The fourth-order valence-electron chi connectivity index (χ4n) is 5.04. The molecule has 1 aromatic rings. The molecule has 3 aliphatic rings. The Morgan fingerprint density at radius 2 is 1.82 bits per heavy atom. The van der Waals surface area contributed by atoms with Crippen molar-refractivity contribution in [1.29, 1.82) is 0 Å². The van der Waals surface area contributed by atoms with Crippen LogP contribution in [0.15, 0.2) is 24.3 Å². The van der Waals surface area contributed by atoms with E-state index in [9.17, 15) is 28.2 Å². The van der Waals surface area contributed by atoms with Crippen LogP contribution in [0.2, 0.25) is 0 Å². The minimum Gasteiger partial charge on any atom is -0.406 e. The highest BCUT2D eigenvalue weighted by atomic mass is 19.4. The van der Waals surface area contributed by atoms with Crippen molar-refractivity contribution in [1.82, 2.24) is 9.80 Å². The third kappa shape index (κ3) is 5.91. The number of hydrogen-bond donors (Lipinski definition) is 2. The Morgan fingerprint density at radius 3 is 2.42 bits per heavy atom. The van der Waals surface area contributed by atoms with Crippen LogP contribution in [0.4, 0.5) is 18.9 Å². The number of aliphatic hydroxyl groups is 2. The van der Waals surface area contributed by atoms with E-state index < -0.39 is 6.36 Å². The fraction of sp³-hybridized carbons (Fsp3) is 0.696. The number of benzene rings is 1. The van der Waals surface area contributed by atoms with Crippen LogP contribution in [0.5, 0.6) is 5.75 Å². The van der Waals surface area contributed by atoms with Gasteiger partial charge in [0.15, 0.2) is 0 Å². The van der Waals surface area contributed by atoms with Gasteiger partial charge in [-0.2, -0.15) is 0 Å². The van der Waals surface area contributed by atoms with Crippen LogP contribution in [-0.2, 0) is 4.79 Å². The summed E-state index contributed by atoms with van der Waals surface area (Å²) in [6.45, 7) is 3.57. The normalized spacial score (nSPS) is 24.6. The maximum atomic E-state index is 12.8. The molecule has 1 amide bonds. The molecule has 1 aromatic carbocycles. The van der Waals surface area contributed by atoms with Crippen molar-refractivity contribution in [2.45, 2.75) is 50.6 Å². The van der Waals surface area contributed by atoms with Crippen molar-refractivity contribution >= 4 is 11.6 Å². The number of aliphatic hydroxyl groups excluding tert-OH is 2. The molecule has 7 nitrogen and oxygen atoms in total. The first kappa shape index (κ1) is 24.1. The molecule has 1 saturated carbocycles. The second-order valence-corrected chi connectivity index (χ2v) is 9.42. The molecule has 10 heteroatoms. The molecule has 0 bridgehead atoms. The summed E-state index contributed by atoms with van der Waals surface area (Å²) < 4.78 is 41.0. The molecular weight excluding hydrogens is 439 g/mol. The number of piperidine rings is 1. The highest BCUT2D eigenvalue weighted by Gasteiger charge is 2.51. The Morgan fingerprint density at radius 1 is 1.09 bits per heavy atom. The number of carbonyl (C=O) groups is 1. The van der Waals surface area contributed by atoms with Gasteiger partial charge in [-0.05, 0) is 61.9 Å². The Hall–Kier alpha value is -2.04. The predicted octanol–water partition coefficient (Wildman–Crippen LogP) is 2.22. The minimum atomic E-state index is -4.73. The zero-order valence-electron chi connectivity index (χ0n) is 18.6. The Balaban J connectivity index is 1.30. The maximum absolute atomic E-state index is 12.8. The van der Waals surface area contributed by atoms with Crippen molar-refractivity contribution in [2.24, 2.45) is 5.41 Å². The predicted molar refractivity (Wildman–Crippen MR) is 116 cm³/mol. The number of alkyl halides is 3. The zero-order valence-corrected chi connectivity index (χ0v) is 18.6. The third-order valence-electron chi connectivity index (χ3n) is 7.35. The summed E-state index contributed by atoms with van der Waals surface area (Å²) in [4.78, 5) is 18.7. The van der Waals surface area contributed by atoms with Crippen molar-refractivity contribution in [3.8, 4) is 5.75 Å². The highest BCUT2D eigenvalue weighted by Crippen LogP contribution is 2.53. The largest absolute Gasteiger partial charge is 0.573 e. The van der Waals surface area contributed by atoms with Crippen molar-refractivity contribution in [3.63, 3.8) is 0 Å². The van der Waals surface area contributed by atoms with E-state index in [1.54, 1.807) is 17.0 Å². The van der Waals surface area contributed by atoms with Crippen LogP contribution in [0, 0.1) is 5.41 Å². The lowest BCUT2D eigenvalue weighted by molar-refractivity contribution is -0.274. The Kier molecular flexibility index (Phi) is 7.07. The maximum Gasteiger partial charge on any atom is 0.573 e. The lowest BCUT2D eigenvalue weighted by Crippen LogP contribution is -2.48. The lowest BCUT2D eigenvalue weighted by atomic mass is 9.90. The number of carbonyl (C=O) groups excluding carboxylic acids is 1. The fourth-order valence-corrected chi connectivity index (χ4v) is 5.04. The summed E-state index contributed by atoms with van der Waals surface area (Å²) >= 11 is 0. The summed E-state index contributed by atoms with van der Waals surface area (Å²) in [6.07, 6.45) is -0.908. The van der Waals surface area contributed by atoms with E-state index in [0.717, 1.165) is 31.5 Å². The van der Waals surface area contributed by atoms with Gasteiger partial charge in [0.25, 0.3) is 0 Å².